The van der Waals surface area contributed by atoms with Gasteiger partial charge in [0.05, 0.1) is 10.6 Å². The lowest BCUT2D eigenvalue weighted by Gasteiger charge is -2.09. The number of rotatable bonds is 6. The Kier molecular flexibility index (Phi) is 4.74. The van der Waals surface area contributed by atoms with Crippen LogP contribution in [-0.4, -0.2) is 14.2 Å². The first kappa shape index (κ1) is 13.0. The smallest absolute Gasteiger partial charge is 0.178 e. The molecule has 3 heteroatoms. The molecule has 1 atom stereocenters. The molecule has 0 bridgehead atoms. The quantitative estimate of drug-likeness (QED) is 0.714. The molecule has 0 aliphatic rings. The van der Waals surface area contributed by atoms with E-state index in [4.69, 9.17) is 0 Å². The van der Waals surface area contributed by atoms with E-state index in [0.29, 0.717) is 17.2 Å². The van der Waals surface area contributed by atoms with Crippen molar-refractivity contribution in [2.24, 2.45) is 5.92 Å². The van der Waals surface area contributed by atoms with Gasteiger partial charge in [-0.25, -0.2) is 8.42 Å². The summed E-state index contributed by atoms with van der Waals surface area (Å²) in [6.45, 7) is 5.70. The van der Waals surface area contributed by atoms with Crippen LogP contribution in [0.3, 0.4) is 0 Å². The Morgan fingerprint density at radius 2 is 1.94 bits per heavy atom. The molecule has 1 aromatic rings. The van der Waals surface area contributed by atoms with Crippen molar-refractivity contribution in [3.05, 3.63) is 43.0 Å². The first-order valence-electron chi connectivity index (χ1n) is 5.45. The minimum atomic E-state index is -3.11. The van der Waals surface area contributed by atoms with Gasteiger partial charge in [-0.2, -0.15) is 0 Å². The van der Waals surface area contributed by atoms with Crippen molar-refractivity contribution in [3.8, 4) is 0 Å². The Hall–Kier alpha value is -1.09. The standard InChI is InChI=1S/C13H18O2S/c1-3-7-12(2)10-11-16(14,15)13-8-5-4-6-9-13/h3-6,8-9,12H,1,7,10-11H2,2H3/t12-/m1/s1. The van der Waals surface area contributed by atoms with Gasteiger partial charge < -0.3 is 0 Å². The average Bonchev–Trinajstić information content (AvgIpc) is 2.28. The second kappa shape index (κ2) is 5.85. The molecule has 0 aliphatic heterocycles. The molecule has 1 rings (SSSR count). The maximum atomic E-state index is 11.9. The van der Waals surface area contributed by atoms with E-state index in [-0.39, 0.29) is 5.75 Å². The van der Waals surface area contributed by atoms with Crippen molar-refractivity contribution in [1.82, 2.24) is 0 Å². The molecule has 0 aromatic heterocycles. The second-order valence-electron chi connectivity index (χ2n) is 4.05. The van der Waals surface area contributed by atoms with E-state index in [2.05, 4.69) is 6.58 Å². The van der Waals surface area contributed by atoms with Crippen LogP contribution in [0.15, 0.2) is 47.9 Å². The summed E-state index contributed by atoms with van der Waals surface area (Å²) in [7, 11) is -3.11. The maximum Gasteiger partial charge on any atom is 0.178 e. The largest absolute Gasteiger partial charge is 0.224 e. The van der Waals surface area contributed by atoms with Gasteiger partial charge in [0.2, 0.25) is 0 Å². The molecule has 2 nitrogen and oxygen atoms in total. The molecule has 0 saturated heterocycles. The van der Waals surface area contributed by atoms with Crippen LogP contribution in [0, 0.1) is 5.92 Å². The van der Waals surface area contributed by atoms with Crippen LogP contribution < -0.4 is 0 Å². The maximum absolute atomic E-state index is 11.9. The normalized spacial score (nSPS) is 13.3. The Labute approximate surface area is 97.9 Å². The first-order valence-corrected chi connectivity index (χ1v) is 7.10. The van der Waals surface area contributed by atoms with Crippen LogP contribution in [0.25, 0.3) is 0 Å². The molecule has 0 spiro atoms. The van der Waals surface area contributed by atoms with Crippen molar-refractivity contribution in [2.45, 2.75) is 24.7 Å². The summed E-state index contributed by atoms with van der Waals surface area (Å²) >= 11 is 0. The third kappa shape index (κ3) is 3.81. The molecule has 0 unspecified atom stereocenters. The van der Waals surface area contributed by atoms with Crippen molar-refractivity contribution >= 4 is 9.84 Å². The first-order chi connectivity index (χ1) is 7.56. The summed E-state index contributed by atoms with van der Waals surface area (Å²) in [5, 5.41) is 0. The van der Waals surface area contributed by atoms with Crippen LogP contribution in [-0.2, 0) is 9.84 Å². The fourth-order valence-electron chi connectivity index (χ4n) is 1.50. The number of allylic oxidation sites excluding steroid dienone is 1. The second-order valence-corrected chi connectivity index (χ2v) is 6.16. The fourth-order valence-corrected chi connectivity index (χ4v) is 3.02. The highest BCUT2D eigenvalue weighted by Gasteiger charge is 2.14. The van der Waals surface area contributed by atoms with Gasteiger partial charge in [-0.1, -0.05) is 31.2 Å². The Bertz CT molecular complexity index is 421. The summed E-state index contributed by atoms with van der Waals surface area (Å²) in [6, 6.07) is 8.61. The van der Waals surface area contributed by atoms with E-state index in [9.17, 15) is 8.42 Å². The van der Waals surface area contributed by atoms with E-state index in [1.165, 1.54) is 0 Å². The average molecular weight is 238 g/mol. The molecule has 0 aliphatic carbocycles. The number of benzene rings is 1. The summed E-state index contributed by atoms with van der Waals surface area (Å²) in [5.74, 6) is 0.586. The number of sulfone groups is 1. The molecule has 0 amide bonds. The van der Waals surface area contributed by atoms with Gasteiger partial charge in [0.15, 0.2) is 9.84 Å². The monoisotopic (exact) mass is 238 g/mol. The lowest BCUT2D eigenvalue weighted by atomic mass is 10.1. The van der Waals surface area contributed by atoms with Crippen molar-refractivity contribution in [3.63, 3.8) is 0 Å². The topological polar surface area (TPSA) is 34.1 Å². The fraction of sp³-hybridized carbons (Fsp3) is 0.385. The molecule has 0 fully saturated rings. The minimum absolute atomic E-state index is 0.214. The van der Waals surface area contributed by atoms with Gasteiger partial charge >= 0.3 is 0 Å². The Balaban J connectivity index is 2.63. The predicted octanol–water partition coefficient (Wildman–Crippen LogP) is 3.06. The summed E-state index contributed by atoms with van der Waals surface area (Å²) in [4.78, 5) is 0.417. The SMILES string of the molecule is C=CC[C@@H](C)CCS(=O)(=O)c1ccccc1. The Morgan fingerprint density at radius 1 is 1.31 bits per heavy atom. The van der Waals surface area contributed by atoms with Gasteiger partial charge in [-0.15, -0.1) is 6.58 Å². The molecule has 16 heavy (non-hydrogen) atoms. The van der Waals surface area contributed by atoms with Gasteiger partial charge in [-0.3, -0.25) is 0 Å². The third-order valence-electron chi connectivity index (χ3n) is 2.55. The van der Waals surface area contributed by atoms with E-state index in [1.54, 1.807) is 24.3 Å². The molecule has 0 saturated carbocycles. The molecule has 1 aromatic carbocycles. The summed E-state index contributed by atoms with van der Waals surface area (Å²) < 4.78 is 23.8. The van der Waals surface area contributed by atoms with Gasteiger partial charge in [0.25, 0.3) is 0 Å². The minimum Gasteiger partial charge on any atom is -0.224 e. The number of hydrogen-bond donors (Lipinski definition) is 0. The van der Waals surface area contributed by atoms with Gasteiger partial charge in [-0.05, 0) is 30.9 Å². The van der Waals surface area contributed by atoms with E-state index < -0.39 is 9.84 Å². The van der Waals surface area contributed by atoms with Crippen molar-refractivity contribution in [2.75, 3.05) is 5.75 Å². The zero-order chi connectivity index (χ0) is 12.0. The van der Waals surface area contributed by atoms with Crippen LogP contribution in [0.4, 0.5) is 0 Å². The van der Waals surface area contributed by atoms with E-state index in [1.807, 2.05) is 19.1 Å². The van der Waals surface area contributed by atoms with Crippen LogP contribution in [0.1, 0.15) is 19.8 Å². The molecule has 0 radical (unpaired) electrons. The van der Waals surface area contributed by atoms with Crippen LogP contribution in [0.5, 0.6) is 0 Å². The zero-order valence-electron chi connectivity index (χ0n) is 9.59. The summed E-state index contributed by atoms with van der Waals surface area (Å²) in [6.07, 6.45) is 3.38. The molecule has 0 N–H and O–H groups in total. The highest BCUT2D eigenvalue weighted by Crippen LogP contribution is 2.15. The summed E-state index contributed by atoms with van der Waals surface area (Å²) in [5.41, 5.74) is 0. The van der Waals surface area contributed by atoms with Crippen molar-refractivity contribution < 1.29 is 8.42 Å². The Morgan fingerprint density at radius 3 is 2.50 bits per heavy atom. The van der Waals surface area contributed by atoms with E-state index >= 15 is 0 Å². The van der Waals surface area contributed by atoms with Crippen LogP contribution in [0.2, 0.25) is 0 Å². The lowest BCUT2D eigenvalue weighted by molar-refractivity contribution is 0.551. The highest BCUT2D eigenvalue weighted by atomic mass is 32.2. The van der Waals surface area contributed by atoms with Gasteiger partial charge in [0, 0.05) is 0 Å². The third-order valence-corrected chi connectivity index (χ3v) is 4.31. The molecule has 88 valence electrons. The van der Waals surface area contributed by atoms with Crippen LogP contribution >= 0.6 is 0 Å². The zero-order valence-corrected chi connectivity index (χ0v) is 10.4. The number of hydrogen-bond acceptors (Lipinski definition) is 2. The van der Waals surface area contributed by atoms with E-state index in [0.717, 1.165) is 6.42 Å². The molecular formula is C13H18O2S. The van der Waals surface area contributed by atoms with Gasteiger partial charge in [0.1, 0.15) is 0 Å². The predicted molar refractivity (Wildman–Crippen MR) is 67.1 cm³/mol. The lowest BCUT2D eigenvalue weighted by Crippen LogP contribution is -2.09. The molecular weight excluding hydrogens is 220 g/mol. The highest BCUT2D eigenvalue weighted by molar-refractivity contribution is 7.91. The van der Waals surface area contributed by atoms with Crippen molar-refractivity contribution in [1.29, 1.82) is 0 Å². The molecule has 0 heterocycles.